The van der Waals surface area contributed by atoms with Crippen molar-refractivity contribution < 1.29 is 9.90 Å². The van der Waals surface area contributed by atoms with Crippen LogP contribution in [0.15, 0.2) is 54.6 Å². The zero-order valence-electron chi connectivity index (χ0n) is 22.7. The van der Waals surface area contributed by atoms with Crippen LogP contribution in [-0.2, 0) is 11.2 Å². The van der Waals surface area contributed by atoms with E-state index in [0.29, 0.717) is 17.8 Å². The van der Waals surface area contributed by atoms with Crippen LogP contribution >= 0.6 is 0 Å². The van der Waals surface area contributed by atoms with Crippen LogP contribution in [0.1, 0.15) is 74.0 Å². The summed E-state index contributed by atoms with van der Waals surface area (Å²) >= 11 is 0. The Hall–Kier alpha value is -2.68. The van der Waals surface area contributed by atoms with E-state index in [-0.39, 0.29) is 6.04 Å². The molecule has 2 heterocycles. The van der Waals surface area contributed by atoms with Crippen molar-refractivity contribution in [2.45, 2.75) is 69.7 Å². The minimum atomic E-state index is -0.635. The van der Waals surface area contributed by atoms with Gasteiger partial charge in [0.05, 0.1) is 11.6 Å². The smallest absolute Gasteiger partial charge is 0.320 e. The highest BCUT2D eigenvalue weighted by atomic mass is 16.4. The molecule has 1 saturated carbocycles. The molecule has 202 valence electrons. The van der Waals surface area contributed by atoms with Gasteiger partial charge in [-0.25, -0.2) is 0 Å². The third-order valence-electron chi connectivity index (χ3n) is 9.54. The second-order valence-electron chi connectivity index (χ2n) is 12.1. The Bertz CT molecular complexity index is 1080. The number of carboxylic acid groups (broad SMARTS) is 1. The average Bonchev–Trinajstić information content (AvgIpc) is 3.32. The van der Waals surface area contributed by atoms with Crippen molar-refractivity contribution in [2.75, 3.05) is 32.7 Å². The van der Waals surface area contributed by atoms with Gasteiger partial charge in [0.2, 0.25) is 0 Å². The van der Waals surface area contributed by atoms with E-state index in [1.165, 1.54) is 56.1 Å². The van der Waals surface area contributed by atoms with E-state index in [9.17, 15) is 9.90 Å². The SMILES string of the molecule is N#Cc1cccc(CCCC2CCN(C[C@H]3CN([C@@H](CC4CCC4)C(=O)O)C[C@@H]3c3ccccc3)CC2)c1. The Kier molecular flexibility index (Phi) is 9.14. The maximum atomic E-state index is 12.3. The summed E-state index contributed by atoms with van der Waals surface area (Å²) in [7, 11) is 0. The number of aliphatic carboxylic acids is 1. The quantitative estimate of drug-likeness (QED) is 0.402. The molecule has 2 aromatic carbocycles. The molecule has 3 aliphatic rings. The van der Waals surface area contributed by atoms with Crippen molar-refractivity contribution in [3.63, 3.8) is 0 Å². The van der Waals surface area contributed by atoms with Crippen LogP contribution in [0.3, 0.4) is 0 Å². The summed E-state index contributed by atoms with van der Waals surface area (Å²) in [5, 5.41) is 19.2. The van der Waals surface area contributed by atoms with Crippen molar-refractivity contribution in [1.29, 1.82) is 5.26 Å². The van der Waals surface area contributed by atoms with E-state index in [0.717, 1.165) is 57.0 Å². The Balaban J connectivity index is 1.14. The maximum absolute atomic E-state index is 12.3. The highest BCUT2D eigenvalue weighted by Crippen LogP contribution is 2.38. The lowest BCUT2D eigenvalue weighted by Crippen LogP contribution is -2.43. The molecule has 1 N–H and O–H groups in total. The summed E-state index contributed by atoms with van der Waals surface area (Å²) < 4.78 is 0. The van der Waals surface area contributed by atoms with Gasteiger partial charge < -0.3 is 10.0 Å². The van der Waals surface area contributed by atoms with Crippen LogP contribution in [0.4, 0.5) is 0 Å². The molecule has 1 aliphatic carbocycles. The first-order valence-electron chi connectivity index (χ1n) is 14.8. The van der Waals surface area contributed by atoms with Crippen molar-refractivity contribution in [3.05, 3.63) is 71.3 Å². The third-order valence-corrected chi connectivity index (χ3v) is 9.54. The molecule has 5 rings (SSSR count). The molecule has 3 fully saturated rings. The number of carbonyl (C=O) groups is 1. The van der Waals surface area contributed by atoms with E-state index < -0.39 is 5.97 Å². The second kappa shape index (κ2) is 12.9. The molecule has 0 spiro atoms. The van der Waals surface area contributed by atoms with Crippen molar-refractivity contribution >= 4 is 5.97 Å². The van der Waals surface area contributed by atoms with E-state index in [2.05, 4.69) is 52.3 Å². The molecule has 0 unspecified atom stereocenters. The van der Waals surface area contributed by atoms with Crippen LogP contribution in [0.25, 0.3) is 0 Å². The third kappa shape index (κ3) is 6.84. The van der Waals surface area contributed by atoms with Gasteiger partial charge in [-0.15, -0.1) is 0 Å². The maximum Gasteiger partial charge on any atom is 0.320 e. The number of nitrogens with zero attached hydrogens (tertiary/aromatic N) is 3. The largest absolute Gasteiger partial charge is 0.480 e. The van der Waals surface area contributed by atoms with E-state index in [1.54, 1.807) is 0 Å². The van der Waals surface area contributed by atoms with Crippen molar-refractivity contribution in [1.82, 2.24) is 9.80 Å². The molecule has 0 amide bonds. The summed E-state index contributed by atoms with van der Waals surface area (Å²) in [6.07, 6.45) is 10.5. The number of likely N-dealkylation sites (tertiary alicyclic amines) is 2. The number of nitriles is 1. The molecule has 2 aromatic rings. The lowest BCUT2D eigenvalue weighted by Gasteiger charge is -2.35. The molecular formula is C33H43N3O2. The van der Waals surface area contributed by atoms with Crippen LogP contribution < -0.4 is 0 Å². The Morgan fingerprint density at radius 1 is 1.00 bits per heavy atom. The van der Waals surface area contributed by atoms with Gasteiger partial charge in [-0.05, 0) is 86.2 Å². The summed E-state index contributed by atoms with van der Waals surface area (Å²) in [4.78, 5) is 17.2. The Morgan fingerprint density at radius 3 is 2.47 bits per heavy atom. The van der Waals surface area contributed by atoms with Crippen LogP contribution in [0.5, 0.6) is 0 Å². The standard InChI is InChI=1S/C33H43N3O2/c34-21-28-12-6-9-26(19-28)8-4-7-25-15-17-35(18-16-25)22-30-23-36(24-31(30)29-13-2-1-3-14-29)32(33(37)38)20-27-10-5-11-27/h1-3,6,9,12-14,19,25,27,30-32H,4-5,7-8,10-11,15-18,20,22-24H2,(H,37,38)/t30-,31+,32-/m0/s1. The molecule has 0 radical (unpaired) electrons. The fraction of sp³-hybridized carbons (Fsp3) is 0.576. The molecule has 0 bridgehead atoms. The van der Waals surface area contributed by atoms with Crippen LogP contribution in [0.2, 0.25) is 0 Å². The fourth-order valence-corrected chi connectivity index (χ4v) is 7.05. The number of hydrogen-bond donors (Lipinski definition) is 1. The van der Waals surface area contributed by atoms with Crippen molar-refractivity contribution in [2.24, 2.45) is 17.8 Å². The summed E-state index contributed by atoms with van der Waals surface area (Å²) in [6.45, 7) is 5.13. The van der Waals surface area contributed by atoms with Gasteiger partial charge in [-0.2, -0.15) is 5.26 Å². The normalized spacial score (nSPS) is 24.1. The number of hydrogen-bond acceptors (Lipinski definition) is 4. The molecule has 5 heteroatoms. The second-order valence-corrected chi connectivity index (χ2v) is 12.1. The molecule has 0 aromatic heterocycles. The van der Waals surface area contributed by atoms with Gasteiger partial charge in [0.25, 0.3) is 0 Å². The molecule has 3 atom stereocenters. The molecule has 2 saturated heterocycles. The Morgan fingerprint density at radius 2 is 1.79 bits per heavy atom. The van der Waals surface area contributed by atoms with Gasteiger partial charge in [0.15, 0.2) is 0 Å². The van der Waals surface area contributed by atoms with Crippen molar-refractivity contribution in [3.8, 4) is 6.07 Å². The monoisotopic (exact) mass is 513 g/mol. The predicted octanol–water partition coefficient (Wildman–Crippen LogP) is 5.95. The minimum Gasteiger partial charge on any atom is -0.480 e. The van der Waals surface area contributed by atoms with Gasteiger partial charge in [-0.1, -0.05) is 68.1 Å². The molecule has 5 nitrogen and oxygen atoms in total. The van der Waals surface area contributed by atoms with Gasteiger partial charge >= 0.3 is 5.97 Å². The number of piperidine rings is 1. The highest BCUT2D eigenvalue weighted by molar-refractivity contribution is 5.73. The van der Waals surface area contributed by atoms with Crippen LogP contribution in [-0.4, -0.2) is 59.6 Å². The molecule has 2 aliphatic heterocycles. The fourth-order valence-electron chi connectivity index (χ4n) is 7.05. The first kappa shape index (κ1) is 26.9. The van der Waals surface area contributed by atoms with Gasteiger partial charge in [-0.3, -0.25) is 9.69 Å². The van der Waals surface area contributed by atoms with E-state index in [4.69, 9.17) is 5.26 Å². The first-order valence-corrected chi connectivity index (χ1v) is 14.8. The highest BCUT2D eigenvalue weighted by Gasteiger charge is 2.41. The number of carboxylic acids is 1. The minimum absolute atomic E-state index is 0.337. The molecule has 38 heavy (non-hydrogen) atoms. The predicted molar refractivity (Wildman–Crippen MR) is 151 cm³/mol. The van der Waals surface area contributed by atoms with Crippen LogP contribution in [0, 0.1) is 29.1 Å². The lowest BCUT2D eigenvalue weighted by molar-refractivity contribution is -0.144. The zero-order chi connectivity index (χ0) is 26.3. The zero-order valence-corrected chi connectivity index (χ0v) is 22.7. The summed E-state index contributed by atoms with van der Waals surface area (Å²) in [5.41, 5.74) is 3.40. The topological polar surface area (TPSA) is 67.6 Å². The van der Waals surface area contributed by atoms with Gasteiger partial charge in [0.1, 0.15) is 6.04 Å². The lowest BCUT2D eigenvalue weighted by atomic mass is 9.80. The van der Waals surface area contributed by atoms with Gasteiger partial charge in [0, 0.05) is 25.6 Å². The number of rotatable bonds is 11. The summed E-state index contributed by atoms with van der Waals surface area (Å²) in [5.74, 6) is 1.63. The van der Waals surface area contributed by atoms with E-state index >= 15 is 0 Å². The first-order chi connectivity index (χ1) is 18.6. The average molecular weight is 514 g/mol. The molecular weight excluding hydrogens is 470 g/mol. The van der Waals surface area contributed by atoms with E-state index in [1.807, 2.05) is 18.2 Å². The summed E-state index contributed by atoms with van der Waals surface area (Å²) in [6, 6.07) is 20.7. The number of benzene rings is 2. The Labute approximate surface area is 228 Å². The number of aryl methyl sites for hydroxylation is 1.